The fraction of sp³-hybridized carbons (Fsp3) is 0.263. The molecule has 0 unspecified atom stereocenters. The van der Waals surface area contributed by atoms with E-state index in [1.54, 1.807) is 5.19 Å². The van der Waals surface area contributed by atoms with E-state index in [0.717, 1.165) is 6.42 Å². The minimum Gasteiger partial charge on any atom is -0.103 e. The zero-order valence-electron chi connectivity index (χ0n) is 12.5. The Kier molecular flexibility index (Phi) is 4.97. The van der Waals surface area contributed by atoms with Crippen LogP contribution in [0.2, 0.25) is 19.1 Å². The van der Waals surface area contributed by atoms with Gasteiger partial charge in [-0.05, 0) is 23.9 Å². The molecule has 2 rings (SSSR count). The Balaban J connectivity index is 2.22. The maximum absolute atomic E-state index is 3.94. The van der Waals surface area contributed by atoms with Gasteiger partial charge >= 0.3 is 0 Å². The van der Waals surface area contributed by atoms with Crippen molar-refractivity contribution in [2.45, 2.75) is 31.5 Å². The van der Waals surface area contributed by atoms with Gasteiger partial charge in [0.05, 0.1) is 8.07 Å². The predicted molar refractivity (Wildman–Crippen MR) is 92.4 cm³/mol. The van der Waals surface area contributed by atoms with Crippen molar-refractivity contribution in [1.82, 2.24) is 0 Å². The van der Waals surface area contributed by atoms with E-state index in [9.17, 15) is 0 Å². The lowest BCUT2D eigenvalue weighted by atomic mass is 9.98. The summed E-state index contributed by atoms with van der Waals surface area (Å²) in [5, 5.41) is 1.55. The lowest BCUT2D eigenvalue weighted by Crippen LogP contribution is -2.42. The van der Waals surface area contributed by atoms with Crippen LogP contribution in [0.3, 0.4) is 0 Å². The fourth-order valence-electron chi connectivity index (χ4n) is 2.89. The van der Waals surface area contributed by atoms with Crippen LogP contribution < -0.4 is 5.19 Å². The molecule has 2 aromatic carbocycles. The molecule has 0 nitrogen and oxygen atoms in total. The third-order valence-electron chi connectivity index (χ3n) is 4.03. The van der Waals surface area contributed by atoms with Gasteiger partial charge in [0.1, 0.15) is 0 Å². The molecule has 2 aromatic rings. The minimum atomic E-state index is -1.41. The van der Waals surface area contributed by atoms with E-state index in [-0.39, 0.29) is 0 Å². The van der Waals surface area contributed by atoms with Gasteiger partial charge in [-0.2, -0.15) is 0 Å². The number of hydrogen-bond donors (Lipinski definition) is 0. The Labute approximate surface area is 124 Å². The smallest absolute Gasteiger partial charge is 0.0812 e. The topological polar surface area (TPSA) is 0 Å². The molecular weight excluding hydrogens is 256 g/mol. The molecule has 0 bridgehead atoms. The Morgan fingerprint density at radius 3 is 2.05 bits per heavy atom. The Hall–Kier alpha value is -1.60. The fourth-order valence-corrected chi connectivity index (χ4v) is 5.85. The zero-order chi connectivity index (χ0) is 14.4. The Bertz CT molecular complexity index is 528. The molecule has 1 atom stereocenters. The molecule has 0 N–H and O–H groups in total. The maximum Gasteiger partial charge on any atom is 0.0812 e. The van der Waals surface area contributed by atoms with Crippen LogP contribution in [0, 0.1) is 0 Å². The molecule has 0 aromatic heterocycles. The highest BCUT2D eigenvalue weighted by Gasteiger charge is 2.27. The lowest BCUT2D eigenvalue weighted by molar-refractivity contribution is 0.768. The molecule has 0 fully saturated rings. The van der Waals surface area contributed by atoms with Gasteiger partial charge in [0.25, 0.3) is 0 Å². The van der Waals surface area contributed by atoms with Crippen molar-refractivity contribution in [2.75, 3.05) is 0 Å². The number of benzene rings is 2. The quantitative estimate of drug-likeness (QED) is 0.518. The van der Waals surface area contributed by atoms with Gasteiger partial charge in [-0.1, -0.05) is 85.0 Å². The first-order valence-electron chi connectivity index (χ1n) is 7.35. The first-order valence-corrected chi connectivity index (χ1v) is 10.6. The highest BCUT2D eigenvalue weighted by molar-refractivity contribution is 6.89. The second-order valence-corrected chi connectivity index (χ2v) is 10.8. The van der Waals surface area contributed by atoms with Gasteiger partial charge in [-0.25, -0.2) is 0 Å². The highest BCUT2D eigenvalue weighted by atomic mass is 28.3. The summed E-state index contributed by atoms with van der Waals surface area (Å²) in [6.07, 6.45) is 3.13. The molecule has 0 heterocycles. The first kappa shape index (κ1) is 14.8. The van der Waals surface area contributed by atoms with Gasteiger partial charge < -0.3 is 0 Å². The predicted octanol–water partition coefficient (Wildman–Crippen LogP) is 4.96. The normalized spacial score (nSPS) is 12.9. The molecule has 0 saturated carbocycles. The van der Waals surface area contributed by atoms with Gasteiger partial charge in [0.15, 0.2) is 0 Å². The highest BCUT2D eigenvalue weighted by Crippen LogP contribution is 2.29. The SMILES string of the molecule is C=CC[C@H](C[Si](C)(C)c1ccccc1)c1ccccc1. The molecule has 0 saturated heterocycles. The molecule has 104 valence electrons. The van der Waals surface area contributed by atoms with Crippen molar-refractivity contribution in [2.24, 2.45) is 0 Å². The van der Waals surface area contributed by atoms with E-state index in [1.807, 2.05) is 0 Å². The van der Waals surface area contributed by atoms with Crippen LogP contribution in [-0.4, -0.2) is 8.07 Å². The van der Waals surface area contributed by atoms with E-state index >= 15 is 0 Å². The molecule has 0 aliphatic rings. The summed E-state index contributed by atoms with van der Waals surface area (Å²) in [4.78, 5) is 0. The average molecular weight is 280 g/mol. The summed E-state index contributed by atoms with van der Waals surface area (Å²) < 4.78 is 0. The van der Waals surface area contributed by atoms with Crippen molar-refractivity contribution < 1.29 is 0 Å². The number of rotatable bonds is 6. The molecule has 0 radical (unpaired) electrons. The number of allylic oxidation sites excluding steroid dienone is 1. The van der Waals surface area contributed by atoms with Crippen molar-refractivity contribution in [1.29, 1.82) is 0 Å². The van der Waals surface area contributed by atoms with E-state index in [1.165, 1.54) is 11.6 Å². The molecule has 0 aliphatic heterocycles. The van der Waals surface area contributed by atoms with Gasteiger partial charge in [-0.3, -0.25) is 0 Å². The van der Waals surface area contributed by atoms with Crippen molar-refractivity contribution >= 4 is 13.3 Å². The van der Waals surface area contributed by atoms with Crippen LogP contribution in [0.5, 0.6) is 0 Å². The van der Waals surface area contributed by atoms with Crippen LogP contribution in [0.1, 0.15) is 17.9 Å². The van der Waals surface area contributed by atoms with Crippen LogP contribution in [-0.2, 0) is 0 Å². The van der Waals surface area contributed by atoms with Gasteiger partial charge in [-0.15, -0.1) is 6.58 Å². The summed E-state index contributed by atoms with van der Waals surface area (Å²) in [5.41, 5.74) is 1.45. The minimum absolute atomic E-state index is 0.593. The van der Waals surface area contributed by atoms with E-state index in [4.69, 9.17) is 0 Å². The van der Waals surface area contributed by atoms with Crippen LogP contribution >= 0.6 is 0 Å². The first-order chi connectivity index (χ1) is 9.63. The van der Waals surface area contributed by atoms with E-state index in [2.05, 4.69) is 86.4 Å². The van der Waals surface area contributed by atoms with E-state index in [0.29, 0.717) is 5.92 Å². The molecule has 1 heteroatoms. The lowest BCUT2D eigenvalue weighted by Gasteiger charge is -2.28. The molecule has 0 amide bonds. The largest absolute Gasteiger partial charge is 0.103 e. The Morgan fingerprint density at radius 2 is 1.50 bits per heavy atom. The maximum atomic E-state index is 3.94. The van der Waals surface area contributed by atoms with Crippen molar-refractivity contribution in [3.63, 3.8) is 0 Å². The molecular formula is C19H24Si. The molecule has 0 spiro atoms. The van der Waals surface area contributed by atoms with Crippen molar-refractivity contribution in [3.8, 4) is 0 Å². The van der Waals surface area contributed by atoms with Crippen LogP contribution in [0.15, 0.2) is 73.3 Å². The average Bonchev–Trinajstić information content (AvgIpc) is 2.48. The van der Waals surface area contributed by atoms with Gasteiger partial charge in [0.2, 0.25) is 0 Å². The third-order valence-corrected chi connectivity index (χ3v) is 7.44. The number of hydrogen-bond acceptors (Lipinski definition) is 0. The third kappa shape index (κ3) is 3.70. The molecule has 0 aliphatic carbocycles. The Morgan fingerprint density at radius 1 is 0.950 bits per heavy atom. The van der Waals surface area contributed by atoms with Crippen molar-refractivity contribution in [3.05, 3.63) is 78.9 Å². The summed E-state index contributed by atoms with van der Waals surface area (Å²) in [6, 6.07) is 23.2. The summed E-state index contributed by atoms with van der Waals surface area (Å²) in [6.45, 7) is 8.89. The standard InChI is InChI=1S/C19H24Si/c1-4-11-18(17-12-7-5-8-13-17)16-20(2,3)19-14-9-6-10-15-19/h4-10,12-15,18H,1,11,16H2,2-3H3/t18-/m1/s1. The summed E-state index contributed by atoms with van der Waals surface area (Å²) >= 11 is 0. The van der Waals surface area contributed by atoms with Gasteiger partial charge in [0, 0.05) is 0 Å². The summed E-state index contributed by atoms with van der Waals surface area (Å²) in [5.74, 6) is 0.593. The van der Waals surface area contributed by atoms with Crippen LogP contribution in [0.25, 0.3) is 0 Å². The monoisotopic (exact) mass is 280 g/mol. The zero-order valence-corrected chi connectivity index (χ0v) is 13.5. The van der Waals surface area contributed by atoms with E-state index < -0.39 is 8.07 Å². The second kappa shape index (κ2) is 6.71. The molecule has 20 heavy (non-hydrogen) atoms. The van der Waals surface area contributed by atoms with Crippen LogP contribution in [0.4, 0.5) is 0 Å². The second-order valence-electron chi connectivity index (χ2n) is 6.09. The summed E-state index contributed by atoms with van der Waals surface area (Å²) in [7, 11) is -1.41.